The molecule has 0 radical (unpaired) electrons. The summed E-state index contributed by atoms with van der Waals surface area (Å²) in [5.74, 6) is 7.01. The number of carbonyl (C=O) groups excluding carboxylic acids is 2. The van der Waals surface area contributed by atoms with E-state index in [9.17, 15) is 14.0 Å². The molecule has 2 atom stereocenters. The molecule has 0 aromatic carbocycles. The van der Waals surface area contributed by atoms with Gasteiger partial charge in [0.05, 0.1) is 18.3 Å². The SMILES string of the molecule is CNc1nc(NC2=CC(F)=CCC2)ncc1C#C[C@@H]1CCC[C@H](NC(=O)CN(C)C(=O)/C=C/CN(C)C)C1. The van der Waals surface area contributed by atoms with Crippen LogP contribution >= 0.6 is 0 Å². The van der Waals surface area contributed by atoms with E-state index in [2.05, 4.69) is 37.8 Å². The summed E-state index contributed by atoms with van der Waals surface area (Å²) < 4.78 is 13.5. The van der Waals surface area contributed by atoms with Crippen molar-refractivity contribution in [3.63, 3.8) is 0 Å². The first-order chi connectivity index (χ1) is 18.2. The summed E-state index contributed by atoms with van der Waals surface area (Å²) >= 11 is 0. The van der Waals surface area contributed by atoms with Gasteiger partial charge in [-0.2, -0.15) is 4.98 Å². The monoisotopic (exact) mass is 523 g/mol. The fraction of sp³-hybridized carbons (Fsp3) is 0.500. The van der Waals surface area contributed by atoms with Gasteiger partial charge in [-0.3, -0.25) is 9.59 Å². The molecule has 1 heterocycles. The van der Waals surface area contributed by atoms with Crippen LogP contribution in [-0.4, -0.2) is 78.9 Å². The number of hydrogen-bond acceptors (Lipinski definition) is 7. The molecule has 2 aliphatic carbocycles. The Balaban J connectivity index is 1.54. The maximum Gasteiger partial charge on any atom is 0.246 e. The molecule has 3 rings (SSSR count). The van der Waals surface area contributed by atoms with Crippen molar-refractivity contribution in [2.24, 2.45) is 5.92 Å². The Morgan fingerprint density at radius 1 is 1.26 bits per heavy atom. The summed E-state index contributed by atoms with van der Waals surface area (Å²) in [7, 11) is 7.24. The van der Waals surface area contributed by atoms with Crippen molar-refractivity contribution < 1.29 is 14.0 Å². The van der Waals surface area contributed by atoms with E-state index in [0.717, 1.165) is 31.4 Å². The quantitative estimate of drug-likeness (QED) is 0.338. The van der Waals surface area contributed by atoms with Crippen LogP contribution in [0.3, 0.4) is 0 Å². The second kappa shape index (κ2) is 14.3. The number of anilines is 2. The summed E-state index contributed by atoms with van der Waals surface area (Å²) in [6, 6.07) is 0.0214. The van der Waals surface area contributed by atoms with Crippen molar-refractivity contribution in [3.8, 4) is 11.8 Å². The van der Waals surface area contributed by atoms with Gasteiger partial charge in [0.15, 0.2) is 0 Å². The third kappa shape index (κ3) is 9.30. The molecule has 1 aromatic heterocycles. The van der Waals surface area contributed by atoms with Crippen molar-refractivity contribution in [2.45, 2.75) is 44.6 Å². The molecule has 0 spiro atoms. The van der Waals surface area contributed by atoms with Crippen molar-refractivity contribution >= 4 is 23.6 Å². The van der Waals surface area contributed by atoms with Gasteiger partial charge in [-0.25, -0.2) is 9.37 Å². The molecule has 0 aliphatic heterocycles. The third-order valence-electron chi connectivity index (χ3n) is 6.30. The van der Waals surface area contributed by atoms with E-state index in [4.69, 9.17) is 0 Å². The molecule has 1 fully saturated rings. The largest absolute Gasteiger partial charge is 0.372 e. The molecule has 38 heavy (non-hydrogen) atoms. The topological polar surface area (TPSA) is 102 Å². The van der Waals surface area contributed by atoms with E-state index in [1.54, 1.807) is 32.4 Å². The Kier molecular flexibility index (Phi) is 10.8. The van der Waals surface area contributed by atoms with Crippen LogP contribution in [0.15, 0.2) is 42.0 Å². The van der Waals surface area contributed by atoms with Gasteiger partial charge in [0.1, 0.15) is 11.6 Å². The highest BCUT2D eigenvalue weighted by molar-refractivity contribution is 5.91. The van der Waals surface area contributed by atoms with Crippen molar-refractivity contribution in [1.82, 2.24) is 25.1 Å². The summed E-state index contributed by atoms with van der Waals surface area (Å²) in [5.41, 5.74) is 1.41. The van der Waals surface area contributed by atoms with Gasteiger partial charge in [0, 0.05) is 44.4 Å². The minimum absolute atomic E-state index is 0.0149. The van der Waals surface area contributed by atoms with Crippen LogP contribution in [0.5, 0.6) is 0 Å². The van der Waals surface area contributed by atoms with E-state index in [0.29, 0.717) is 36.7 Å². The van der Waals surface area contributed by atoms with Gasteiger partial charge in [-0.1, -0.05) is 24.3 Å². The number of carbonyl (C=O) groups is 2. The van der Waals surface area contributed by atoms with Gasteiger partial charge >= 0.3 is 0 Å². The zero-order valence-electron chi connectivity index (χ0n) is 22.7. The molecule has 2 aliphatic rings. The molecular weight excluding hydrogens is 485 g/mol. The molecule has 10 heteroatoms. The molecule has 0 saturated heterocycles. The number of nitrogens with zero attached hydrogens (tertiary/aromatic N) is 4. The number of hydrogen-bond donors (Lipinski definition) is 3. The molecule has 3 N–H and O–H groups in total. The summed E-state index contributed by atoms with van der Waals surface area (Å²) in [4.78, 5) is 36.9. The number of rotatable bonds is 9. The van der Waals surface area contributed by atoms with Crippen molar-refractivity contribution in [2.75, 3.05) is 51.9 Å². The average molecular weight is 524 g/mol. The van der Waals surface area contributed by atoms with Gasteiger partial charge in [0.2, 0.25) is 17.8 Å². The molecule has 9 nitrogen and oxygen atoms in total. The van der Waals surface area contributed by atoms with Gasteiger partial charge in [-0.05, 0) is 58.4 Å². The smallest absolute Gasteiger partial charge is 0.246 e. The van der Waals surface area contributed by atoms with E-state index in [1.807, 2.05) is 19.0 Å². The second-order valence-corrected chi connectivity index (χ2v) is 9.88. The maximum atomic E-state index is 13.5. The summed E-state index contributed by atoms with van der Waals surface area (Å²) in [6.07, 6.45) is 12.8. The summed E-state index contributed by atoms with van der Waals surface area (Å²) in [5, 5.41) is 9.20. The third-order valence-corrected chi connectivity index (χ3v) is 6.30. The normalized spacial score (nSPS) is 19.2. The number of amides is 2. The number of allylic oxidation sites excluding steroid dienone is 4. The Labute approximate surface area is 224 Å². The van der Waals surface area contributed by atoms with Crippen molar-refractivity contribution in [3.05, 3.63) is 47.6 Å². The number of likely N-dealkylation sites (N-methyl/N-ethyl adjacent to an activating group) is 2. The van der Waals surface area contributed by atoms with E-state index in [1.165, 1.54) is 17.1 Å². The molecule has 204 valence electrons. The van der Waals surface area contributed by atoms with Crippen molar-refractivity contribution in [1.29, 1.82) is 0 Å². The molecular formula is C28H38FN7O2. The van der Waals surface area contributed by atoms with Crippen LogP contribution in [-0.2, 0) is 9.59 Å². The van der Waals surface area contributed by atoms with Crippen LogP contribution in [0.1, 0.15) is 44.1 Å². The maximum absolute atomic E-state index is 13.5. The molecule has 0 unspecified atom stereocenters. The van der Waals surface area contributed by atoms with Gasteiger partial charge in [-0.15, -0.1) is 0 Å². The van der Waals surface area contributed by atoms with Crippen LogP contribution in [0, 0.1) is 17.8 Å². The molecule has 1 saturated carbocycles. The fourth-order valence-corrected chi connectivity index (χ4v) is 4.32. The first kappa shape index (κ1) is 28.9. The van der Waals surface area contributed by atoms with E-state index in [-0.39, 0.29) is 36.1 Å². The summed E-state index contributed by atoms with van der Waals surface area (Å²) in [6.45, 7) is 0.678. The lowest BCUT2D eigenvalue weighted by molar-refractivity contribution is -0.131. The minimum atomic E-state index is -0.259. The Bertz CT molecular complexity index is 1150. The average Bonchev–Trinajstić information content (AvgIpc) is 2.87. The van der Waals surface area contributed by atoms with E-state index < -0.39 is 0 Å². The van der Waals surface area contributed by atoms with E-state index >= 15 is 0 Å². The predicted octanol–water partition coefficient (Wildman–Crippen LogP) is 3.06. The Morgan fingerprint density at radius 2 is 2.08 bits per heavy atom. The Hall–Kier alpha value is -3.71. The van der Waals surface area contributed by atoms with Gasteiger partial charge in [0.25, 0.3) is 0 Å². The highest BCUT2D eigenvalue weighted by atomic mass is 19.1. The first-order valence-corrected chi connectivity index (χ1v) is 13.0. The Morgan fingerprint density at radius 3 is 2.82 bits per heavy atom. The van der Waals surface area contributed by atoms with Crippen LogP contribution < -0.4 is 16.0 Å². The van der Waals surface area contributed by atoms with Crippen LogP contribution in [0.4, 0.5) is 16.2 Å². The van der Waals surface area contributed by atoms with Gasteiger partial charge < -0.3 is 25.8 Å². The standard InChI is InChI=1S/C28H38FN7O2/c1-30-27-21(18-31-28(34-27)33-24-11-6-9-22(29)17-24)14-13-20-8-5-10-23(16-20)32-25(37)19-36(4)26(38)12-7-15-35(2)3/h7,9,12,17-18,20,23H,5-6,8,10-11,15-16,19H2,1-4H3,(H,32,37)(H2,30,31,33,34)/b12-7+/t20-,23-/m0/s1. The molecule has 0 bridgehead atoms. The minimum Gasteiger partial charge on any atom is -0.372 e. The van der Waals surface area contributed by atoms with Crippen LogP contribution in [0.25, 0.3) is 0 Å². The lowest BCUT2D eigenvalue weighted by Crippen LogP contribution is -2.44. The zero-order valence-corrected chi connectivity index (χ0v) is 22.7. The lowest BCUT2D eigenvalue weighted by atomic mass is 9.86. The first-order valence-electron chi connectivity index (χ1n) is 13.0. The number of halogens is 1. The zero-order chi connectivity index (χ0) is 27.5. The number of aromatic nitrogens is 2. The second-order valence-electron chi connectivity index (χ2n) is 9.88. The predicted molar refractivity (Wildman–Crippen MR) is 148 cm³/mol. The molecule has 2 amide bonds. The highest BCUT2D eigenvalue weighted by Gasteiger charge is 2.23. The lowest BCUT2D eigenvalue weighted by Gasteiger charge is -2.27. The van der Waals surface area contributed by atoms with Crippen LogP contribution in [0.2, 0.25) is 0 Å². The number of nitrogens with one attached hydrogen (secondary N) is 3. The fourth-order valence-electron chi connectivity index (χ4n) is 4.32. The molecule has 1 aromatic rings. The highest BCUT2D eigenvalue weighted by Crippen LogP contribution is 2.25.